The molecule has 0 N–H and O–H groups in total. The molecule has 1 aromatic rings. The number of aromatic nitrogens is 1. The fraction of sp³-hybridized carbons (Fsp3) is 0.500. The van der Waals surface area contributed by atoms with Crippen LogP contribution in [0.25, 0.3) is 0 Å². The predicted molar refractivity (Wildman–Crippen MR) is 56.8 cm³/mol. The van der Waals surface area contributed by atoms with E-state index in [4.69, 9.17) is 0 Å². The maximum atomic E-state index is 12.7. The molecule has 0 unspecified atom stereocenters. The lowest BCUT2D eigenvalue weighted by molar-refractivity contribution is -0.0328. The van der Waals surface area contributed by atoms with E-state index in [0.717, 1.165) is 12.3 Å². The minimum atomic E-state index is -4.40. The molecule has 0 saturated carbocycles. The van der Waals surface area contributed by atoms with Crippen LogP contribution < -0.4 is 0 Å². The SMILES string of the molecule is CCC.Cc1ncc(SC(F)(F)F)cc1F. The third kappa shape index (κ3) is 6.66. The van der Waals surface area contributed by atoms with Crippen LogP contribution in [0.5, 0.6) is 0 Å². The first-order valence-corrected chi connectivity index (χ1v) is 5.49. The van der Waals surface area contributed by atoms with Gasteiger partial charge in [-0.05, 0) is 24.8 Å². The number of aryl methyl sites for hydroxylation is 1. The van der Waals surface area contributed by atoms with Gasteiger partial charge in [0.05, 0.1) is 5.69 Å². The summed E-state index contributed by atoms with van der Waals surface area (Å²) in [5, 5.41) is 0. The predicted octanol–water partition coefficient (Wildman–Crippen LogP) is 4.56. The van der Waals surface area contributed by atoms with Crippen molar-refractivity contribution in [3.8, 4) is 0 Å². The van der Waals surface area contributed by atoms with Gasteiger partial charge >= 0.3 is 5.51 Å². The number of halogens is 4. The molecule has 1 nitrogen and oxygen atoms in total. The van der Waals surface area contributed by atoms with Crippen molar-refractivity contribution in [1.29, 1.82) is 0 Å². The summed E-state index contributed by atoms with van der Waals surface area (Å²) < 4.78 is 48.1. The molecule has 0 radical (unpaired) electrons. The third-order valence-corrected chi connectivity index (χ3v) is 1.92. The molecule has 0 atom stereocenters. The van der Waals surface area contributed by atoms with Crippen LogP contribution in [-0.4, -0.2) is 10.5 Å². The fourth-order valence-electron chi connectivity index (χ4n) is 0.678. The summed E-state index contributed by atoms with van der Waals surface area (Å²) in [7, 11) is 0. The molecule has 0 bridgehead atoms. The van der Waals surface area contributed by atoms with E-state index in [1.807, 2.05) is 0 Å². The summed E-state index contributed by atoms with van der Waals surface area (Å²) in [6, 6.07) is 0.820. The molecule has 0 aliphatic carbocycles. The van der Waals surface area contributed by atoms with Crippen LogP contribution in [0.3, 0.4) is 0 Å². The van der Waals surface area contributed by atoms with Gasteiger partial charge in [0.25, 0.3) is 0 Å². The van der Waals surface area contributed by atoms with Crippen LogP contribution in [0.4, 0.5) is 17.6 Å². The van der Waals surface area contributed by atoms with Crippen molar-refractivity contribution in [3.63, 3.8) is 0 Å². The van der Waals surface area contributed by atoms with E-state index in [1.165, 1.54) is 13.3 Å². The minimum absolute atomic E-state index is 0.0894. The summed E-state index contributed by atoms with van der Waals surface area (Å²) in [5.41, 5.74) is -4.31. The van der Waals surface area contributed by atoms with Crippen LogP contribution in [0.1, 0.15) is 26.0 Å². The average Bonchev–Trinajstić information content (AvgIpc) is 2.10. The Bertz CT molecular complexity index is 325. The van der Waals surface area contributed by atoms with Crippen molar-refractivity contribution < 1.29 is 17.6 Å². The zero-order chi connectivity index (χ0) is 12.8. The van der Waals surface area contributed by atoms with E-state index in [9.17, 15) is 17.6 Å². The van der Waals surface area contributed by atoms with Crippen LogP contribution in [0.2, 0.25) is 0 Å². The highest BCUT2D eigenvalue weighted by atomic mass is 32.2. The normalized spacial score (nSPS) is 10.7. The van der Waals surface area contributed by atoms with Gasteiger partial charge in [0, 0.05) is 11.1 Å². The van der Waals surface area contributed by atoms with E-state index >= 15 is 0 Å². The van der Waals surface area contributed by atoms with Crippen molar-refractivity contribution in [2.45, 2.75) is 37.6 Å². The smallest absolute Gasteiger partial charge is 0.257 e. The Kier molecular flexibility index (Phi) is 6.40. The summed E-state index contributed by atoms with van der Waals surface area (Å²) in [6.07, 6.45) is 2.25. The number of nitrogens with zero attached hydrogens (tertiary/aromatic N) is 1. The van der Waals surface area contributed by atoms with E-state index < -0.39 is 11.3 Å². The lowest BCUT2D eigenvalue weighted by Gasteiger charge is -2.05. The van der Waals surface area contributed by atoms with E-state index in [0.29, 0.717) is 0 Å². The third-order valence-electron chi connectivity index (χ3n) is 1.23. The molecule has 1 heterocycles. The van der Waals surface area contributed by atoms with Gasteiger partial charge in [-0.1, -0.05) is 20.3 Å². The van der Waals surface area contributed by atoms with Gasteiger partial charge in [0.1, 0.15) is 5.82 Å². The number of rotatable bonds is 1. The summed E-state index contributed by atoms with van der Waals surface area (Å²) >= 11 is -0.379. The van der Waals surface area contributed by atoms with Gasteiger partial charge in [-0.3, -0.25) is 4.98 Å². The van der Waals surface area contributed by atoms with Gasteiger partial charge in [-0.2, -0.15) is 13.2 Å². The summed E-state index contributed by atoms with van der Waals surface area (Å²) in [6.45, 7) is 5.64. The number of hydrogen-bond acceptors (Lipinski definition) is 2. The highest BCUT2D eigenvalue weighted by molar-refractivity contribution is 8.00. The van der Waals surface area contributed by atoms with Crippen LogP contribution in [0, 0.1) is 12.7 Å². The maximum absolute atomic E-state index is 12.7. The van der Waals surface area contributed by atoms with Gasteiger partial charge in [-0.15, -0.1) is 0 Å². The van der Waals surface area contributed by atoms with E-state index in [-0.39, 0.29) is 22.4 Å². The molecule has 1 rings (SSSR count). The Hall–Kier alpha value is -0.780. The van der Waals surface area contributed by atoms with Gasteiger partial charge in [-0.25, -0.2) is 4.39 Å². The lowest BCUT2D eigenvalue weighted by atomic mass is 10.4. The Morgan fingerprint density at radius 1 is 1.31 bits per heavy atom. The van der Waals surface area contributed by atoms with Crippen molar-refractivity contribution in [3.05, 3.63) is 23.8 Å². The quantitative estimate of drug-likeness (QED) is 0.539. The van der Waals surface area contributed by atoms with Gasteiger partial charge in [0.2, 0.25) is 0 Å². The molecule has 1 aromatic heterocycles. The number of hydrogen-bond donors (Lipinski definition) is 0. The minimum Gasteiger partial charge on any atom is -0.257 e. The molecule has 0 amide bonds. The number of alkyl halides is 3. The summed E-state index contributed by atoms with van der Waals surface area (Å²) in [5.74, 6) is -0.728. The number of thioether (sulfide) groups is 1. The zero-order valence-corrected chi connectivity index (χ0v) is 10.0. The Morgan fingerprint density at radius 2 is 1.81 bits per heavy atom. The topological polar surface area (TPSA) is 12.9 Å². The molecular weight excluding hydrogens is 242 g/mol. The molecule has 0 fully saturated rings. The zero-order valence-electron chi connectivity index (χ0n) is 9.23. The molecule has 16 heavy (non-hydrogen) atoms. The first-order valence-electron chi connectivity index (χ1n) is 4.68. The van der Waals surface area contributed by atoms with Crippen LogP contribution in [0.15, 0.2) is 17.2 Å². The molecule has 0 aliphatic heterocycles. The largest absolute Gasteiger partial charge is 0.446 e. The Labute approximate surface area is 96.3 Å². The first kappa shape index (κ1) is 15.2. The fourth-order valence-corrected chi connectivity index (χ4v) is 1.21. The molecule has 0 aliphatic rings. The Balaban J connectivity index is 0.000000673. The van der Waals surface area contributed by atoms with E-state index in [2.05, 4.69) is 18.8 Å². The van der Waals surface area contributed by atoms with Crippen LogP contribution >= 0.6 is 11.8 Å². The first-order chi connectivity index (χ1) is 7.30. The van der Waals surface area contributed by atoms with Gasteiger partial charge in [0.15, 0.2) is 0 Å². The maximum Gasteiger partial charge on any atom is 0.446 e. The van der Waals surface area contributed by atoms with Crippen molar-refractivity contribution >= 4 is 11.8 Å². The highest BCUT2D eigenvalue weighted by Crippen LogP contribution is 2.36. The standard InChI is InChI=1S/C7H5F4NS.C3H8/c1-4-6(8)2-5(3-12-4)13-7(9,10)11;1-3-2/h2-3H,1H3;3H2,1-2H3. The molecule has 92 valence electrons. The Morgan fingerprint density at radius 3 is 2.19 bits per heavy atom. The second kappa shape index (κ2) is 6.73. The van der Waals surface area contributed by atoms with Gasteiger partial charge < -0.3 is 0 Å². The second-order valence-corrected chi connectivity index (χ2v) is 4.13. The van der Waals surface area contributed by atoms with Crippen molar-refractivity contribution in [1.82, 2.24) is 4.98 Å². The lowest BCUT2D eigenvalue weighted by Crippen LogP contribution is -2.00. The monoisotopic (exact) mass is 255 g/mol. The van der Waals surface area contributed by atoms with Crippen LogP contribution in [-0.2, 0) is 0 Å². The van der Waals surface area contributed by atoms with E-state index in [1.54, 1.807) is 0 Å². The highest BCUT2D eigenvalue weighted by Gasteiger charge is 2.29. The molecule has 0 aromatic carbocycles. The van der Waals surface area contributed by atoms with Crippen molar-refractivity contribution in [2.75, 3.05) is 0 Å². The molecule has 0 saturated heterocycles. The summed E-state index contributed by atoms with van der Waals surface area (Å²) in [4.78, 5) is 3.23. The molecule has 0 spiro atoms. The molecular formula is C10H13F4NS. The average molecular weight is 255 g/mol. The van der Waals surface area contributed by atoms with Crippen molar-refractivity contribution in [2.24, 2.45) is 0 Å². The number of pyridine rings is 1. The molecule has 6 heteroatoms. The second-order valence-electron chi connectivity index (χ2n) is 2.99.